The fourth-order valence-electron chi connectivity index (χ4n) is 5.16. The van der Waals surface area contributed by atoms with Crippen LogP contribution in [0.5, 0.6) is 0 Å². The molecular formula is C27H23ClN8O3. The third kappa shape index (κ3) is 4.36. The summed E-state index contributed by atoms with van der Waals surface area (Å²) in [6.45, 7) is 2.03. The lowest BCUT2D eigenvalue weighted by atomic mass is 9.86. The van der Waals surface area contributed by atoms with Gasteiger partial charge in [0.15, 0.2) is 6.20 Å². The summed E-state index contributed by atoms with van der Waals surface area (Å²) in [7, 11) is 1.31. The summed E-state index contributed by atoms with van der Waals surface area (Å²) in [6.07, 6.45) is 5.73. The molecule has 0 spiro atoms. The highest BCUT2D eigenvalue weighted by molar-refractivity contribution is 6.31. The molecule has 196 valence electrons. The first kappa shape index (κ1) is 24.6. The van der Waals surface area contributed by atoms with E-state index >= 15 is 0 Å². The highest BCUT2D eigenvalue weighted by Crippen LogP contribution is 2.43. The van der Waals surface area contributed by atoms with Gasteiger partial charge in [-0.25, -0.2) is 9.78 Å². The smallest absolute Gasteiger partial charge is 0.411 e. The molecule has 11 nitrogen and oxygen atoms in total. The van der Waals surface area contributed by atoms with E-state index in [0.29, 0.717) is 34.3 Å². The maximum absolute atomic E-state index is 13.6. The average molecular weight is 543 g/mol. The Balaban J connectivity index is 1.33. The van der Waals surface area contributed by atoms with Crippen LogP contribution in [0.25, 0.3) is 28.1 Å². The van der Waals surface area contributed by atoms with Gasteiger partial charge in [0.25, 0.3) is 0 Å². The Morgan fingerprint density at radius 1 is 1.21 bits per heavy atom. The lowest BCUT2D eigenvalue weighted by molar-refractivity contribution is -0.616. The number of halogens is 1. The molecule has 0 bridgehead atoms. The van der Waals surface area contributed by atoms with E-state index in [4.69, 9.17) is 11.6 Å². The first-order valence-electron chi connectivity index (χ1n) is 12.2. The number of anilines is 1. The molecule has 6 rings (SSSR count). The van der Waals surface area contributed by atoms with Gasteiger partial charge in [0, 0.05) is 27.4 Å². The molecule has 1 unspecified atom stereocenters. The number of benzene rings is 2. The minimum atomic E-state index is -0.604. The largest absolute Gasteiger partial charge is 0.618 e. The second kappa shape index (κ2) is 9.52. The quantitative estimate of drug-likeness (QED) is 0.247. The number of nitrogens with zero attached hydrogens (tertiary/aromatic N) is 6. The van der Waals surface area contributed by atoms with Crippen molar-refractivity contribution in [1.82, 2.24) is 30.2 Å². The lowest BCUT2D eigenvalue weighted by Crippen LogP contribution is -2.40. The Morgan fingerprint density at radius 3 is 2.77 bits per heavy atom. The molecular weight excluding hydrogens is 520 g/mol. The molecule has 0 radical (unpaired) electrons. The molecule has 1 atom stereocenters. The molecule has 5 aromatic rings. The average Bonchev–Trinajstić information content (AvgIpc) is 3.70. The van der Waals surface area contributed by atoms with Gasteiger partial charge in [0.05, 0.1) is 24.7 Å². The molecule has 0 saturated carbocycles. The summed E-state index contributed by atoms with van der Waals surface area (Å²) >= 11 is 6.32. The van der Waals surface area contributed by atoms with E-state index in [2.05, 4.69) is 35.5 Å². The van der Waals surface area contributed by atoms with E-state index in [9.17, 15) is 10.0 Å². The van der Waals surface area contributed by atoms with Crippen molar-refractivity contribution in [1.29, 1.82) is 0 Å². The molecule has 0 aliphatic heterocycles. The van der Waals surface area contributed by atoms with Crippen molar-refractivity contribution in [3.05, 3.63) is 94.6 Å². The van der Waals surface area contributed by atoms with Crippen LogP contribution in [0.15, 0.2) is 67.3 Å². The highest BCUT2D eigenvalue weighted by Gasteiger charge is 2.46. The molecule has 0 saturated heterocycles. The van der Waals surface area contributed by atoms with Gasteiger partial charge in [0.2, 0.25) is 5.69 Å². The van der Waals surface area contributed by atoms with E-state index in [1.165, 1.54) is 13.4 Å². The van der Waals surface area contributed by atoms with Crippen molar-refractivity contribution in [2.75, 3.05) is 12.4 Å². The summed E-state index contributed by atoms with van der Waals surface area (Å²) in [5.41, 5.74) is 5.52. The maximum atomic E-state index is 13.6. The molecule has 1 aliphatic carbocycles. The first-order valence-corrected chi connectivity index (χ1v) is 12.5. The molecule has 3 aromatic heterocycles. The number of fused-ring (bicyclic) bond motifs is 1. The molecule has 1 amide bonds. The predicted molar refractivity (Wildman–Crippen MR) is 143 cm³/mol. The molecule has 39 heavy (non-hydrogen) atoms. The molecule has 12 heteroatoms. The number of amides is 1. The number of carbonyl (C=O) groups is 1. The molecule has 3 heterocycles. The third-order valence-corrected chi connectivity index (χ3v) is 7.35. The van der Waals surface area contributed by atoms with Crippen LogP contribution < -0.4 is 10.0 Å². The number of ether oxygens (including phenoxy) is 1. The fourth-order valence-corrected chi connectivity index (χ4v) is 5.33. The minimum absolute atomic E-state index is 0.532. The van der Waals surface area contributed by atoms with Crippen molar-refractivity contribution >= 4 is 23.4 Å². The van der Waals surface area contributed by atoms with Gasteiger partial charge in [-0.05, 0) is 72.2 Å². The topological polar surface area (TPSA) is 138 Å². The van der Waals surface area contributed by atoms with E-state index < -0.39 is 11.5 Å². The number of aryl methyl sites for hydroxylation is 1. The summed E-state index contributed by atoms with van der Waals surface area (Å²) in [4.78, 5) is 19.5. The Labute approximate surface area is 228 Å². The third-order valence-electron chi connectivity index (χ3n) is 7.12. The number of methoxy groups -OCH3 is 1. The summed E-state index contributed by atoms with van der Waals surface area (Å²) in [6, 6.07) is 14.7. The van der Waals surface area contributed by atoms with Crippen molar-refractivity contribution in [3.63, 3.8) is 0 Å². The Kier molecular flexibility index (Phi) is 5.99. The number of rotatable bonds is 5. The Bertz CT molecular complexity index is 1680. The van der Waals surface area contributed by atoms with Crippen LogP contribution in [0.3, 0.4) is 0 Å². The van der Waals surface area contributed by atoms with E-state index in [0.717, 1.165) is 39.1 Å². The minimum Gasteiger partial charge on any atom is -0.618 e. The van der Waals surface area contributed by atoms with Crippen molar-refractivity contribution in [2.45, 2.75) is 25.2 Å². The van der Waals surface area contributed by atoms with E-state index in [-0.39, 0.29) is 0 Å². The second-order valence-electron chi connectivity index (χ2n) is 9.52. The number of aromatic nitrogens is 7. The van der Waals surface area contributed by atoms with Gasteiger partial charge in [-0.3, -0.25) is 5.32 Å². The summed E-state index contributed by atoms with van der Waals surface area (Å²) in [5.74, 6) is 0.711. The van der Waals surface area contributed by atoms with Crippen LogP contribution in [0, 0.1) is 5.21 Å². The normalized spacial score (nSPS) is 16.2. The van der Waals surface area contributed by atoms with Gasteiger partial charge in [0.1, 0.15) is 17.6 Å². The van der Waals surface area contributed by atoms with Crippen LogP contribution in [0.4, 0.5) is 10.5 Å². The van der Waals surface area contributed by atoms with Crippen molar-refractivity contribution in [2.24, 2.45) is 0 Å². The number of hydrogen-bond acceptors (Lipinski definition) is 7. The highest BCUT2D eigenvalue weighted by atomic mass is 35.5. The van der Waals surface area contributed by atoms with Crippen LogP contribution in [-0.4, -0.2) is 43.4 Å². The van der Waals surface area contributed by atoms with E-state index in [1.807, 2.05) is 31.2 Å². The zero-order valence-electron chi connectivity index (χ0n) is 21.1. The molecule has 0 fully saturated rings. The number of pyridine rings is 1. The van der Waals surface area contributed by atoms with Gasteiger partial charge in [-0.15, -0.1) is 5.10 Å². The number of H-pyrrole nitrogens is 1. The number of nitrogens with one attached hydrogen (secondary N) is 2. The zero-order chi connectivity index (χ0) is 27.1. The maximum Gasteiger partial charge on any atom is 0.411 e. The Morgan fingerprint density at radius 2 is 2.03 bits per heavy atom. The summed E-state index contributed by atoms with van der Waals surface area (Å²) in [5, 5.41) is 28.2. The van der Waals surface area contributed by atoms with Crippen LogP contribution >= 0.6 is 11.6 Å². The van der Waals surface area contributed by atoms with Crippen molar-refractivity contribution in [3.8, 4) is 28.1 Å². The van der Waals surface area contributed by atoms with Crippen LogP contribution in [0.1, 0.15) is 30.4 Å². The fraction of sp³-hybridized carbons (Fsp3) is 0.185. The second-order valence-corrected chi connectivity index (χ2v) is 9.95. The lowest BCUT2D eigenvalue weighted by Gasteiger charge is -2.21. The molecule has 2 N–H and O–H groups in total. The summed E-state index contributed by atoms with van der Waals surface area (Å²) < 4.78 is 7.11. The van der Waals surface area contributed by atoms with Crippen LogP contribution in [0.2, 0.25) is 5.02 Å². The number of aromatic amines is 1. The number of tetrazole rings is 1. The van der Waals surface area contributed by atoms with Gasteiger partial charge < -0.3 is 14.9 Å². The number of imidazole rings is 1. The number of hydrogen-bond donors (Lipinski definition) is 2. The molecule has 1 aliphatic rings. The SMILES string of the molecule is COC(=O)Nc1ccc(-c2cnc(C3(C)CCc4cc(-c5cc(Cl)ccc5-n5cnnn5)c[n+]([O-])c43)[nH]2)cc1. The zero-order valence-corrected chi connectivity index (χ0v) is 21.8. The number of carbonyl (C=O) groups excluding carboxylic acids is 1. The Hall–Kier alpha value is -4.77. The van der Waals surface area contributed by atoms with Crippen LogP contribution in [-0.2, 0) is 16.6 Å². The predicted octanol–water partition coefficient (Wildman–Crippen LogP) is 4.44. The standard InChI is InChI=1S/C27H23ClN8O3/c1-27(25-29-13-22(32-25)16-3-6-20(7-4-16)31-26(37)39-2)10-9-17-11-18(14-36(38)24(17)27)21-12-19(28)5-8-23(21)35-15-30-33-34-35/h3-8,11-15H,9-10H2,1-2H3,(H,29,32)(H,31,37). The van der Waals surface area contributed by atoms with Gasteiger partial charge in [-0.1, -0.05) is 23.7 Å². The van der Waals surface area contributed by atoms with Gasteiger partial charge in [-0.2, -0.15) is 9.41 Å². The monoisotopic (exact) mass is 542 g/mol. The van der Waals surface area contributed by atoms with E-state index in [1.54, 1.807) is 41.3 Å². The van der Waals surface area contributed by atoms with Crippen molar-refractivity contribution < 1.29 is 14.3 Å². The van der Waals surface area contributed by atoms with Gasteiger partial charge >= 0.3 is 6.09 Å². The molecule has 2 aromatic carbocycles. The first-order chi connectivity index (χ1) is 18.9.